The number of fused-ring (bicyclic) bond motifs is 1. The summed E-state index contributed by atoms with van der Waals surface area (Å²) < 4.78 is 2.10. The van der Waals surface area contributed by atoms with E-state index in [2.05, 4.69) is 30.0 Å². The highest BCUT2D eigenvalue weighted by Gasteiger charge is 2.25. The number of hydrogen-bond donors (Lipinski definition) is 2. The van der Waals surface area contributed by atoms with Crippen LogP contribution in [-0.2, 0) is 17.8 Å². The molecular weight excluding hydrogens is 292 g/mol. The monoisotopic (exact) mass is 308 g/mol. The molecule has 7 heteroatoms. The number of carbonyl (C=O) groups excluding carboxylic acids is 1. The van der Waals surface area contributed by atoms with Crippen LogP contribution in [0.15, 0.2) is 43.1 Å². The summed E-state index contributed by atoms with van der Waals surface area (Å²) in [4.78, 5) is 20.9. The van der Waals surface area contributed by atoms with Crippen molar-refractivity contribution in [1.29, 1.82) is 0 Å². The number of aryl methyl sites for hydroxylation is 1. The van der Waals surface area contributed by atoms with Gasteiger partial charge in [-0.1, -0.05) is 12.1 Å². The van der Waals surface area contributed by atoms with Crippen molar-refractivity contribution in [2.45, 2.75) is 19.4 Å². The number of nitrogens with one attached hydrogen (secondary N) is 2. The Labute approximate surface area is 132 Å². The molecule has 0 aliphatic carbocycles. The zero-order valence-corrected chi connectivity index (χ0v) is 12.4. The lowest BCUT2D eigenvalue weighted by Crippen LogP contribution is -2.30. The molecule has 0 saturated heterocycles. The minimum atomic E-state index is -0.0398. The molecule has 1 aliphatic heterocycles. The number of rotatable bonds is 3. The summed E-state index contributed by atoms with van der Waals surface area (Å²) >= 11 is 0. The average Bonchev–Trinajstić information content (AvgIpc) is 3.26. The summed E-state index contributed by atoms with van der Waals surface area (Å²) in [6, 6.07) is 7.59. The van der Waals surface area contributed by atoms with Crippen LogP contribution in [0, 0.1) is 5.92 Å². The first-order valence-corrected chi connectivity index (χ1v) is 7.56. The molecule has 3 heterocycles. The first-order chi connectivity index (χ1) is 11.3. The second-order valence-corrected chi connectivity index (χ2v) is 5.64. The van der Waals surface area contributed by atoms with E-state index in [-0.39, 0.29) is 11.8 Å². The molecule has 4 rings (SSSR count). The lowest BCUT2D eigenvalue weighted by atomic mass is 9.95. The second-order valence-electron chi connectivity index (χ2n) is 5.64. The van der Waals surface area contributed by atoms with Gasteiger partial charge in [0.25, 0.3) is 0 Å². The minimum Gasteiger partial charge on any atom is -0.335 e. The Kier molecular flexibility index (Phi) is 3.38. The topological polar surface area (TPSA) is 88.5 Å². The fourth-order valence-electron chi connectivity index (χ4n) is 2.96. The van der Waals surface area contributed by atoms with Crippen LogP contribution in [0.25, 0.3) is 11.4 Å². The molecule has 3 aromatic rings. The Balaban J connectivity index is 1.54. The number of aromatic amines is 1. The van der Waals surface area contributed by atoms with E-state index in [1.54, 1.807) is 0 Å². The number of hydrogen-bond acceptors (Lipinski definition) is 4. The molecule has 1 atom stereocenters. The molecule has 2 aromatic heterocycles. The van der Waals surface area contributed by atoms with Gasteiger partial charge in [-0.25, -0.2) is 9.97 Å². The summed E-state index contributed by atoms with van der Waals surface area (Å²) in [5.41, 5.74) is 2.69. The summed E-state index contributed by atoms with van der Waals surface area (Å²) in [5.74, 6) is 0.633. The number of aromatic nitrogens is 5. The normalized spacial score (nSPS) is 16.8. The van der Waals surface area contributed by atoms with Gasteiger partial charge in [-0.2, -0.15) is 5.10 Å². The van der Waals surface area contributed by atoms with Gasteiger partial charge >= 0.3 is 0 Å². The van der Waals surface area contributed by atoms with Crippen LogP contribution in [0.1, 0.15) is 12.1 Å². The molecule has 0 saturated carbocycles. The molecule has 0 spiro atoms. The Morgan fingerprint density at radius 1 is 1.35 bits per heavy atom. The Morgan fingerprint density at radius 2 is 2.26 bits per heavy atom. The molecule has 1 unspecified atom stereocenters. The summed E-state index contributed by atoms with van der Waals surface area (Å²) in [6.45, 7) is 0.831. The third-order valence-electron chi connectivity index (χ3n) is 4.20. The second kappa shape index (κ2) is 5.68. The largest absolute Gasteiger partial charge is 0.335 e. The fraction of sp³-hybridized carbons (Fsp3) is 0.250. The zero-order chi connectivity index (χ0) is 15.6. The molecule has 23 heavy (non-hydrogen) atoms. The smallest absolute Gasteiger partial charge is 0.227 e. The number of amides is 1. The highest BCUT2D eigenvalue weighted by atomic mass is 16.1. The van der Waals surface area contributed by atoms with Gasteiger partial charge in [0.05, 0.1) is 12.0 Å². The highest BCUT2D eigenvalue weighted by molar-refractivity contribution is 5.96. The molecular formula is C16H16N6O. The van der Waals surface area contributed by atoms with Gasteiger partial charge < -0.3 is 9.88 Å². The van der Waals surface area contributed by atoms with Gasteiger partial charge in [0.2, 0.25) is 5.91 Å². The van der Waals surface area contributed by atoms with Crippen LogP contribution in [0.5, 0.6) is 0 Å². The van der Waals surface area contributed by atoms with E-state index in [1.807, 2.05) is 36.8 Å². The van der Waals surface area contributed by atoms with Crippen LogP contribution in [0.4, 0.5) is 5.69 Å². The Hall–Kier alpha value is -2.96. The van der Waals surface area contributed by atoms with E-state index in [0.717, 1.165) is 36.3 Å². The predicted octanol–water partition coefficient (Wildman–Crippen LogP) is 1.87. The number of benzene rings is 1. The van der Waals surface area contributed by atoms with Gasteiger partial charge in [-0.3, -0.25) is 9.89 Å². The van der Waals surface area contributed by atoms with Crippen LogP contribution in [0.3, 0.4) is 0 Å². The Bertz CT molecular complexity index is 823. The van der Waals surface area contributed by atoms with Crippen molar-refractivity contribution in [2.75, 3.05) is 5.32 Å². The van der Waals surface area contributed by atoms with Gasteiger partial charge in [0.1, 0.15) is 6.33 Å². The molecule has 2 N–H and O–H groups in total. The number of imidazole rings is 1. The Morgan fingerprint density at radius 3 is 3.13 bits per heavy atom. The van der Waals surface area contributed by atoms with Crippen molar-refractivity contribution in [3.63, 3.8) is 0 Å². The van der Waals surface area contributed by atoms with Crippen LogP contribution < -0.4 is 5.32 Å². The van der Waals surface area contributed by atoms with Crippen molar-refractivity contribution in [2.24, 2.45) is 5.92 Å². The van der Waals surface area contributed by atoms with Gasteiger partial charge in [0, 0.05) is 36.3 Å². The molecule has 1 aliphatic rings. The maximum Gasteiger partial charge on any atom is 0.227 e. The standard InChI is InChI=1S/C16H16N6O/c23-16(11-5-6-22-10-17-8-12(22)7-11)20-14-4-2-1-3-13(14)15-18-9-19-21-15/h1-4,8-11H,5-7H2,(H,20,23)(H,18,19,21). The SMILES string of the molecule is O=C(Nc1ccccc1-c1ncn[nH]1)C1CCn2cncc2C1. The minimum absolute atomic E-state index is 0.0319. The highest BCUT2D eigenvalue weighted by Crippen LogP contribution is 2.26. The number of nitrogens with zero attached hydrogens (tertiary/aromatic N) is 4. The number of carbonyl (C=O) groups is 1. The van der Waals surface area contributed by atoms with E-state index >= 15 is 0 Å². The van der Waals surface area contributed by atoms with Gasteiger partial charge in [0.15, 0.2) is 5.82 Å². The van der Waals surface area contributed by atoms with E-state index in [9.17, 15) is 4.79 Å². The number of para-hydroxylation sites is 1. The lowest BCUT2D eigenvalue weighted by Gasteiger charge is -2.23. The van der Waals surface area contributed by atoms with Crippen molar-refractivity contribution >= 4 is 11.6 Å². The first-order valence-electron chi connectivity index (χ1n) is 7.56. The maximum absolute atomic E-state index is 12.6. The third-order valence-corrected chi connectivity index (χ3v) is 4.20. The van der Waals surface area contributed by atoms with E-state index in [1.165, 1.54) is 6.33 Å². The fourth-order valence-corrected chi connectivity index (χ4v) is 2.96. The molecule has 0 fully saturated rings. The molecule has 116 valence electrons. The summed E-state index contributed by atoms with van der Waals surface area (Å²) in [5, 5.41) is 9.74. The van der Waals surface area contributed by atoms with E-state index in [0.29, 0.717) is 5.82 Å². The van der Waals surface area contributed by atoms with Gasteiger partial charge in [-0.15, -0.1) is 0 Å². The molecule has 7 nitrogen and oxygen atoms in total. The van der Waals surface area contributed by atoms with Crippen LogP contribution >= 0.6 is 0 Å². The third kappa shape index (κ3) is 2.61. The maximum atomic E-state index is 12.6. The molecule has 0 bridgehead atoms. The zero-order valence-electron chi connectivity index (χ0n) is 12.4. The van der Waals surface area contributed by atoms with Crippen molar-refractivity contribution in [1.82, 2.24) is 24.7 Å². The van der Waals surface area contributed by atoms with Crippen molar-refractivity contribution < 1.29 is 4.79 Å². The van der Waals surface area contributed by atoms with Crippen LogP contribution in [-0.4, -0.2) is 30.6 Å². The van der Waals surface area contributed by atoms with Gasteiger partial charge in [-0.05, 0) is 18.6 Å². The van der Waals surface area contributed by atoms with E-state index < -0.39 is 0 Å². The summed E-state index contributed by atoms with van der Waals surface area (Å²) in [6.07, 6.45) is 6.65. The van der Waals surface area contributed by atoms with Crippen LogP contribution in [0.2, 0.25) is 0 Å². The first kappa shape index (κ1) is 13.7. The van der Waals surface area contributed by atoms with Crippen molar-refractivity contribution in [3.8, 4) is 11.4 Å². The lowest BCUT2D eigenvalue weighted by molar-refractivity contribution is -0.120. The number of anilines is 1. The molecule has 1 amide bonds. The number of H-pyrrole nitrogens is 1. The van der Waals surface area contributed by atoms with Crippen molar-refractivity contribution in [3.05, 3.63) is 48.8 Å². The molecule has 1 aromatic carbocycles. The quantitative estimate of drug-likeness (QED) is 0.773. The summed E-state index contributed by atoms with van der Waals surface area (Å²) in [7, 11) is 0. The average molecular weight is 308 g/mol. The predicted molar refractivity (Wildman–Crippen MR) is 84.5 cm³/mol. The van der Waals surface area contributed by atoms with E-state index in [4.69, 9.17) is 0 Å². The molecule has 0 radical (unpaired) electrons.